The van der Waals surface area contributed by atoms with E-state index in [2.05, 4.69) is 27.7 Å². The maximum absolute atomic E-state index is 4.99. The van der Waals surface area contributed by atoms with E-state index in [1.807, 2.05) is 0 Å². The molecule has 2 fully saturated rings. The second-order valence-corrected chi connectivity index (χ2v) is 6.73. The zero-order valence-electron chi connectivity index (χ0n) is 9.35. The van der Waals surface area contributed by atoms with Crippen molar-refractivity contribution in [1.82, 2.24) is 0 Å². The molecule has 3 atom stereocenters. The van der Waals surface area contributed by atoms with Crippen LogP contribution in [0.5, 0.6) is 0 Å². The van der Waals surface area contributed by atoms with Crippen LogP contribution in [0.15, 0.2) is 0 Å². The fourth-order valence-electron chi connectivity index (χ4n) is 3.95. The van der Waals surface area contributed by atoms with Crippen molar-refractivity contribution in [2.75, 3.05) is 0 Å². The van der Waals surface area contributed by atoms with Crippen molar-refractivity contribution in [3.05, 3.63) is 0 Å². The molecule has 2 aliphatic carbocycles. The van der Waals surface area contributed by atoms with E-state index in [-0.39, 0.29) is 0 Å². The highest BCUT2D eigenvalue weighted by molar-refractivity contribution is 7.81. The maximum atomic E-state index is 4.99. The molecule has 0 radical (unpaired) electrons. The Bertz CT molecular complexity index is 233. The monoisotopic (exact) mass is 198 g/mol. The minimum Gasteiger partial charge on any atom is -0.172 e. The molecule has 0 aromatic carbocycles. The number of hydrogen-bond acceptors (Lipinski definition) is 1. The molecule has 0 aromatic heterocycles. The van der Waals surface area contributed by atoms with Crippen LogP contribution in [0.1, 0.15) is 53.4 Å². The topological polar surface area (TPSA) is 0 Å². The standard InChI is InChI=1S/C12H22S/c1-5-12(13)8-9-6-7-11(12,4)10(9,2)3/h9,13H,5-8H2,1-4H3. The Kier molecular flexibility index (Phi) is 1.88. The molecule has 0 aromatic rings. The Labute approximate surface area is 87.9 Å². The van der Waals surface area contributed by atoms with E-state index in [4.69, 9.17) is 12.6 Å². The van der Waals surface area contributed by atoms with Crippen LogP contribution in [0.3, 0.4) is 0 Å². The van der Waals surface area contributed by atoms with Gasteiger partial charge in [0.15, 0.2) is 0 Å². The van der Waals surface area contributed by atoms with Crippen LogP contribution in [0.4, 0.5) is 0 Å². The summed E-state index contributed by atoms with van der Waals surface area (Å²) in [4.78, 5) is 0. The van der Waals surface area contributed by atoms with Gasteiger partial charge in [0, 0.05) is 4.75 Å². The quantitative estimate of drug-likeness (QED) is 0.607. The number of fused-ring (bicyclic) bond motifs is 2. The van der Waals surface area contributed by atoms with Gasteiger partial charge >= 0.3 is 0 Å². The van der Waals surface area contributed by atoms with Gasteiger partial charge in [0.25, 0.3) is 0 Å². The van der Waals surface area contributed by atoms with E-state index in [0.717, 1.165) is 5.92 Å². The van der Waals surface area contributed by atoms with Gasteiger partial charge in [-0.15, -0.1) is 0 Å². The summed E-state index contributed by atoms with van der Waals surface area (Å²) in [7, 11) is 0. The van der Waals surface area contributed by atoms with Crippen molar-refractivity contribution in [3.8, 4) is 0 Å². The highest BCUT2D eigenvalue weighted by atomic mass is 32.1. The van der Waals surface area contributed by atoms with Gasteiger partial charge in [-0.05, 0) is 42.4 Å². The Morgan fingerprint density at radius 3 is 2.15 bits per heavy atom. The normalized spacial score (nSPS) is 52.8. The van der Waals surface area contributed by atoms with Crippen molar-refractivity contribution in [2.45, 2.75) is 58.1 Å². The first-order valence-electron chi connectivity index (χ1n) is 5.60. The molecule has 2 saturated carbocycles. The first-order valence-corrected chi connectivity index (χ1v) is 6.04. The minimum atomic E-state index is 0.319. The van der Waals surface area contributed by atoms with Crippen molar-refractivity contribution >= 4 is 12.6 Å². The number of thiol groups is 1. The minimum absolute atomic E-state index is 0.319. The van der Waals surface area contributed by atoms with E-state index in [9.17, 15) is 0 Å². The van der Waals surface area contributed by atoms with Gasteiger partial charge in [-0.25, -0.2) is 0 Å². The predicted octanol–water partition coefficient (Wildman–Crippen LogP) is 3.91. The molecule has 2 rings (SSSR count). The molecular weight excluding hydrogens is 176 g/mol. The largest absolute Gasteiger partial charge is 0.172 e. The Morgan fingerprint density at radius 2 is 1.92 bits per heavy atom. The molecular formula is C12H22S. The predicted molar refractivity (Wildman–Crippen MR) is 61.2 cm³/mol. The third-order valence-electron chi connectivity index (χ3n) is 5.63. The lowest BCUT2D eigenvalue weighted by Gasteiger charge is -2.45. The average Bonchev–Trinajstić information content (AvgIpc) is 2.36. The van der Waals surface area contributed by atoms with Gasteiger partial charge in [-0.3, -0.25) is 0 Å². The summed E-state index contributed by atoms with van der Waals surface area (Å²) in [6.45, 7) is 9.68. The molecule has 0 heterocycles. The first kappa shape index (κ1) is 9.89. The van der Waals surface area contributed by atoms with Crippen molar-refractivity contribution < 1.29 is 0 Å². The SMILES string of the molecule is CCC1(S)CC2CCC1(C)C2(C)C. The van der Waals surface area contributed by atoms with E-state index in [0.29, 0.717) is 15.6 Å². The molecule has 13 heavy (non-hydrogen) atoms. The van der Waals surface area contributed by atoms with E-state index >= 15 is 0 Å². The highest BCUT2D eigenvalue weighted by Gasteiger charge is 2.66. The third kappa shape index (κ3) is 0.900. The maximum Gasteiger partial charge on any atom is 0.0189 e. The molecule has 0 saturated heterocycles. The van der Waals surface area contributed by atoms with Gasteiger partial charge < -0.3 is 0 Å². The van der Waals surface area contributed by atoms with E-state index in [1.165, 1.54) is 25.7 Å². The lowest BCUT2D eigenvalue weighted by Crippen LogP contribution is -2.42. The van der Waals surface area contributed by atoms with Crippen LogP contribution in [-0.4, -0.2) is 4.75 Å². The van der Waals surface area contributed by atoms with Gasteiger partial charge in [0.2, 0.25) is 0 Å². The van der Waals surface area contributed by atoms with Crippen molar-refractivity contribution in [3.63, 3.8) is 0 Å². The first-order chi connectivity index (χ1) is 5.87. The Balaban J connectivity index is 2.44. The summed E-state index contributed by atoms with van der Waals surface area (Å²) in [5, 5.41) is 0. The fourth-order valence-corrected chi connectivity index (χ4v) is 4.57. The van der Waals surface area contributed by atoms with Gasteiger partial charge in [-0.2, -0.15) is 12.6 Å². The molecule has 2 aliphatic rings. The van der Waals surface area contributed by atoms with Gasteiger partial charge in [0.05, 0.1) is 0 Å². The summed E-state index contributed by atoms with van der Waals surface area (Å²) in [5.74, 6) is 0.926. The second-order valence-electron chi connectivity index (χ2n) is 5.88. The lowest BCUT2D eigenvalue weighted by atomic mass is 9.65. The zero-order valence-corrected chi connectivity index (χ0v) is 10.2. The van der Waals surface area contributed by atoms with Crippen LogP contribution in [0, 0.1) is 16.7 Å². The molecule has 3 unspecified atom stereocenters. The average molecular weight is 198 g/mol. The van der Waals surface area contributed by atoms with E-state index < -0.39 is 0 Å². The summed E-state index contributed by atoms with van der Waals surface area (Å²) < 4.78 is 0.319. The zero-order chi connectivity index (χ0) is 9.91. The molecule has 1 heteroatoms. The summed E-state index contributed by atoms with van der Waals surface area (Å²) in [5.41, 5.74) is 0.993. The summed E-state index contributed by atoms with van der Waals surface area (Å²) in [6, 6.07) is 0. The summed E-state index contributed by atoms with van der Waals surface area (Å²) >= 11 is 4.99. The number of hydrogen-bond donors (Lipinski definition) is 1. The van der Waals surface area contributed by atoms with Crippen molar-refractivity contribution in [2.24, 2.45) is 16.7 Å². The Morgan fingerprint density at radius 1 is 1.31 bits per heavy atom. The van der Waals surface area contributed by atoms with Crippen molar-refractivity contribution in [1.29, 1.82) is 0 Å². The Hall–Kier alpha value is 0.350. The van der Waals surface area contributed by atoms with Gasteiger partial charge in [-0.1, -0.05) is 27.7 Å². The van der Waals surface area contributed by atoms with Crippen LogP contribution < -0.4 is 0 Å². The highest BCUT2D eigenvalue weighted by Crippen LogP contribution is 2.72. The molecule has 0 aliphatic heterocycles. The number of rotatable bonds is 1. The van der Waals surface area contributed by atoms with Crippen LogP contribution in [-0.2, 0) is 0 Å². The van der Waals surface area contributed by atoms with Crippen LogP contribution >= 0.6 is 12.6 Å². The molecule has 76 valence electrons. The lowest BCUT2D eigenvalue weighted by molar-refractivity contribution is 0.120. The molecule has 0 amide bonds. The summed E-state index contributed by atoms with van der Waals surface area (Å²) in [6.07, 6.45) is 5.40. The van der Waals surface area contributed by atoms with Gasteiger partial charge in [0.1, 0.15) is 0 Å². The molecule has 0 N–H and O–H groups in total. The fraction of sp³-hybridized carbons (Fsp3) is 1.00. The third-order valence-corrected chi connectivity index (χ3v) is 6.62. The van der Waals surface area contributed by atoms with E-state index in [1.54, 1.807) is 0 Å². The smallest absolute Gasteiger partial charge is 0.0189 e. The molecule has 0 spiro atoms. The van der Waals surface area contributed by atoms with Crippen LogP contribution in [0.2, 0.25) is 0 Å². The molecule has 0 nitrogen and oxygen atoms in total. The second kappa shape index (κ2) is 2.48. The molecule has 2 bridgehead atoms. The van der Waals surface area contributed by atoms with Crippen LogP contribution in [0.25, 0.3) is 0 Å².